The third-order valence-electron chi connectivity index (χ3n) is 4.79. The molecule has 25 heavy (non-hydrogen) atoms. The van der Waals surface area contributed by atoms with Gasteiger partial charge < -0.3 is 4.52 Å². The first-order chi connectivity index (χ1) is 12.1. The third-order valence-corrected chi connectivity index (χ3v) is 8.03. The minimum Gasteiger partial charge on any atom is -0.338 e. The van der Waals surface area contributed by atoms with Crippen LogP contribution in [-0.4, -0.2) is 36.9 Å². The van der Waals surface area contributed by atoms with Gasteiger partial charge in [0.15, 0.2) is 0 Å². The lowest BCUT2D eigenvalue weighted by molar-refractivity contribution is -0.121. The summed E-state index contributed by atoms with van der Waals surface area (Å²) in [4.78, 5) is 12.6. The summed E-state index contributed by atoms with van der Waals surface area (Å²) in [5.41, 5.74) is 1.90. The highest BCUT2D eigenvalue weighted by molar-refractivity contribution is 7.91. The fourth-order valence-electron chi connectivity index (χ4n) is 3.45. The van der Waals surface area contributed by atoms with Crippen LogP contribution in [0, 0.1) is 5.92 Å². The summed E-state index contributed by atoms with van der Waals surface area (Å²) in [5, 5.41) is 8.54. The van der Waals surface area contributed by atoms with Gasteiger partial charge in [-0.05, 0) is 43.6 Å². The summed E-state index contributed by atoms with van der Waals surface area (Å²) in [6, 6.07) is 3.32. The number of piperidine rings is 1. The molecular formula is C16H19N3O4S2. The van der Waals surface area contributed by atoms with E-state index in [1.165, 1.54) is 15.6 Å². The fourth-order valence-corrected chi connectivity index (χ4v) is 6.12. The molecule has 1 atom stereocenters. The number of hydrogen-bond acceptors (Lipinski definition) is 6. The molecular weight excluding hydrogens is 362 g/mol. The standard InChI is InChI=1S/C16H19N3O4S2/c20-15(17-16-12-5-1-6-13(12)18-23-16)11-4-2-8-19(10-11)25(21,22)14-7-3-9-24-14/h3,7,9,11H,1-2,4-6,8,10H2,(H,17,20)/t11-/m0/s1. The number of nitrogens with one attached hydrogen (secondary N) is 1. The van der Waals surface area contributed by atoms with Gasteiger partial charge in [0.05, 0.1) is 11.6 Å². The molecule has 0 saturated carbocycles. The van der Waals surface area contributed by atoms with Crippen molar-refractivity contribution in [2.24, 2.45) is 5.92 Å². The van der Waals surface area contributed by atoms with Gasteiger partial charge in [-0.25, -0.2) is 8.42 Å². The lowest BCUT2D eigenvalue weighted by Crippen LogP contribution is -2.43. The van der Waals surface area contributed by atoms with Gasteiger partial charge in [-0.2, -0.15) is 4.31 Å². The van der Waals surface area contributed by atoms with E-state index in [0.717, 1.165) is 30.5 Å². The van der Waals surface area contributed by atoms with Gasteiger partial charge in [-0.15, -0.1) is 11.3 Å². The first-order valence-electron chi connectivity index (χ1n) is 8.37. The summed E-state index contributed by atoms with van der Waals surface area (Å²) in [6.07, 6.45) is 4.09. The van der Waals surface area contributed by atoms with Crippen LogP contribution in [0.15, 0.2) is 26.2 Å². The minimum atomic E-state index is -3.52. The van der Waals surface area contributed by atoms with E-state index in [2.05, 4.69) is 10.5 Å². The van der Waals surface area contributed by atoms with Gasteiger partial charge in [0, 0.05) is 18.7 Å². The number of hydrogen-bond donors (Lipinski definition) is 1. The Hall–Kier alpha value is -1.71. The molecule has 1 aliphatic heterocycles. The second-order valence-electron chi connectivity index (χ2n) is 6.41. The molecule has 4 rings (SSSR count). The number of thiophene rings is 1. The Morgan fingerprint density at radius 1 is 1.36 bits per heavy atom. The predicted octanol–water partition coefficient (Wildman–Crippen LogP) is 2.26. The summed E-state index contributed by atoms with van der Waals surface area (Å²) in [5.74, 6) is -0.154. The fraction of sp³-hybridized carbons (Fsp3) is 0.500. The molecule has 0 bridgehead atoms. The maximum atomic E-state index is 12.7. The smallest absolute Gasteiger partial charge is 0.252 e. The molecule has 1 aliphatic carbocycles. The Labute approximate surface area is 150 Å². The first-order valence-corrected chi connectivity index (χ1v) is 10.7. The van der Waals surface area contributed by atoms with Crippen molar-refractivity contribution in [3.8, 4) is 0 Å². The van der Waals surface area contributed by atoms with Gasteiger partial charge in [-0.3, -0.25) is 10.1 Å². The van der Waals surface area contributed by atoms with E-state index in [9.17, 15) is 13.2 Å². The Balaban J connectivity index is 1.46. The van der Waals surface area contributed by atoms with Gasteiger partial charge in [-0.1, -0.05) is 11.2 Å². The molecule has 2 aromatic heterocycles. The van der Waals surface area contributed by atoms with Crippen molar-refractivity contribution in [1.82, 2.24) is 9.46 Å². The van der Waals surface area contributed by atoms with Crippen LogP contribution >= 0.6 is 11.3 Å². The highest BCUT2D eigenvalue weighted by Crippen LogP contribution is 2.30. The normalized spacial score (nSPS) is 21.2. The molecule has 2 aliphatic rings. The molecule has 1 N–H and O–H groups in total. The Morgan fingerprint density at radius 3 is 3.04 bits per heavy atom. The SMILES string of the molecule is O=C(Nc1onc2c1CCC2)[C@H]1CCCN(S(=O)(=O)c2cccs2)C1. The molecule has 1 saturated heterocycles. The largest absolute Gasteiger partial charge is 0.338 e. The Kier molecular flexibility index (Phi) is 4.38. The van der Waals surface area contributed by atoms with Gasteiger partial charge in [0.25, 0.3) is 10.0 Å². The number of anilines is 1. The monoisotopic (exact) mass is 381 g/mol. The van der Waals surface area contributed by atoms with Crippen LogP contribution in [0.1, 0.15) is 30.5 Å². The lowest BCUT2D eigenvalue weighted by atomic mass is 9.99. The minimum absolute atomic E-state index is 0.197. The number of carbonyl (C=O) groups excluding carboxylic acids is 1. The Bertz CT molecular complexity index is 873. The molecule has 3 heterocycles. The number of rotatable bonds is 4. The zero-order valence-electron chi connectivity index (χ0n) is 13.6. The van der Waals surface area contributed by atoms with E-state index >= 15 is 0 Å². The van der Waals surface area contributed by atoms with Crippen molar-refractivity contribution >= 4 is 33.2 Å². The maximum Gasteiger partial charge on any atom is 0.252 e. The summed E-state index contributed by atoms with van der Waals surface area (Å²) < 4.78 is 32.3. The number of nitrogens with zero attached hydrogens (tertiary/aromatic N) is 2. The number of amides is 1. The summed E-state index contributed by atoms with van der Waals surface area (Å²) in [6.45, 7) is 0.643. The van der Waals surface area contributed by atoms with Crippen LogP contribution in [0.25, 0.3) is 0 Å². The van der Waals surface area contributed by atoms with Crippen LogP contribution in [0.4, 0.5) is 5.88 Å². The molecule has 9 heteroatoms. The molecule has 134 valence electrons. The zero-order valence-corrected chi connectivity index (χ0v) is 15.2. The topological polar surface area (TPSA) is 92.5 Å². The van der Waals surface area contributed by atoms with E-state index in [4.69, 9.17) is 4.52 Å². The van der Waals surface area contributed by atoms with Crippen molar-refractivity contribution in [3.05, 3.63) is 28.8 Å². The second-order valence-corrected chi connectivity index (χ2v) is 9.53. The molecule has 0 unspecified atom stereocenters. The number of aryl methyl sites for hydroxylation is 1. The molecule has 0 radical (unpaired) electrons. The van der Waals surface area contributed by atoms with E-state index in [1.54, 1.807) is 17.5 Å². The molecule has 1 fully saturated rings. The van der Waals surface area contributed by atoms with Crippen molar-refractivity contribution < 1.29 is 17.7 Å². The average molecular weight is 381 g/mol. The molecule has 1 amide bonds. The van der Waals surface area contributed by atoms with E-state index < -0.39 is 10.0 Å². The quantitative estimate of drug-likeness (QED) is 0.877. The second kappa shape index (κ2) is 6.54. The van der Waals surface area contributed by atoms with Crippen LogP contribution in [-0.2, 0) is 27.7 Å². The Morgan fingerprint density at radius 2 is 2.24 bits per heavy atom. The van der Waals surface area contributed by atoms with Crippen molar-refractivity contribution in [3.63, 3.8) is 0 Å². The molecule has 0 spiro atoms. The molecule has 0 aromatic carbocycles. The lowest BCUT2D eigenvalue weighted by Gasteiger charge is -2.30. The van der Waals surface area contributed by atoms with Crippen molar-refractivity contribution in [1.29, 1.82) is 0 Å². The van der Waals surface area contributed by atoms with Gasteiger partial charge in [0.2, 0.25) is 11.8 Å². The number of aromatic nitrogens is 1. The highest BCUT2D eigenvalue weighted by Gasteiger charge is 2.34. The van der Waals surface area contributed by atoms with Crippen LogP contribution in [0.5, 0.6) is 0 Å². The van der Waals surface area contributed by atoms with Crippen molar-refractivity contribution in [2.45, 2.75) is 36.3 Å². The van der Waals surface area contributed by atoms with Crippen molar-refractivity contribution in [2.75, 3.05) is 18.4 Å². The van der Waals surface area contributed by atoms with Crippen LogP contribution in [0.3, 0.4) is 0 Å². The van der Waals surface area contributed by atoms with E-state index in [-0.39, 0.29) is 18.4 Å². The summed E-state index contributed by atoms with van der Waals surface area (Å²) in [7, 11) is -3.52. The number of sulfonamides is 1. The zero-order chi connectivity index (χ0) is 17.4. The third kappa shape index (κ3) is 3.11. The number of carbonyl (C=O) groups is 1. The average Bonchev–Trinajstić information content (AvgIpc) is 3.34. The van der Waals surface area contributed by atoms with Crippen LogP contribution < -0.4 is 5.32 Å². The van der Waals surface area contributed by atoms with Gasteiger partial charge in [0.1, 0.15) is 4.21 Å². The van der Waals surface area contributed by atoms with Gasteiger partial charge >= 0.3 is 0 Å². The maximum absolute atomic E-state index is 12.7. The van der Waals surface area contributed by atoms with E-state index in [0.29, 0.717) is 29.5 Å². The molecule has 2 aromatic rings. The van der Waals surface area contributed by atoms with Crippen LogP contribution in [0.2, 0.25) is 0 Å². The van der Waals surface area contributed by atoms with E-state index in [1.807, 2.05) is 0 Å². The summed E-state index contributed by atoms with van der Waals surface area (Å²) >= 11 is 1.20. The first kappa shape index (κ1) is 16.7. The highest BCUT2D eigenvalue weighted by atomic mass is 32.2. The molecule has 7 nitrogen and oxygen atoms in total. The predicted molar refractivity (Wildman–Crippen MR) is 93.0 cm³/mol. The number of fused-ring (bicyclic) bond motifs is 1.